The molecule has 2 N–H and O–H groups in total. The van der Waals surface area contributed by atoms with Gasteiger partial charge in [-0.1, -0.05) is 30.4 Å². The van der Waals surface area contributed by atoms with E-state index in [4.69, 9.17) is 5.73 Å². The van der Waals surface area contributed by atoms with E-state index in [0.717, 1.165) is 12.0 Å². The largest absolute Gasteiger partial charge is 0.326 e. The Morgan fingerprint density at radius 3 is 2.25 bits per heavy atom. The molecule has 2 aliphatic carbocycles. The second-order valence-electron chi connectivity index (χ2n) is 5.84. The van der Waals surface area contributed by atoms with Gasteiger partial charge in [0.15, 0.2) is 0 Å². The number of fused-ring (bicyclic) bond motifs is 5. The molecule has 2 bridgehead atoms. The van der Waals surface area contributed by atoms with E-state index in [0.29, 0.717) is 12.2 Å². The number of carbonyl (C=O) groups excluding carboxylic acids is 2. The van der Waals surface area contributed by atoms with Gasteiger partial charge in [0.05, 0.1) is 17.5 Å². The van der Waals surface area contributed by atoms with E-state index >= 15 is 0 Å². The third-order valence-corrected chi connectivity index (χ3v) is 4.92. The average molecular weight is 268 g/mol. The molecule has 0 radical (unpaired) electrons. The topological polar surface area (TPSA) is 63.4 Å². The fourth-order valence-electron chi connectivity index (χ4n) is 4.04. The first kappa shape index (κ1) is 11.9. The van der Waals surface area contributed by atoms with Crippen LogP contribution in [0.15, 0.2) is 36.4 Å². The van der Waals surface area contributed by atoms with Crippen molar-refractivity contribution in [1.29, 1.82) is 0 Å². The zero-order chi connectivity index (χ0) is 13.9. The maximum absolute atomic E-state index is 12.7. The Balaban J connectivity index is 1.78. The molecule has 1 saturated carbocycles. The van der Waals surface area contributed by atoms with E-state index in [1.165, 1.54) is 4.90 Å². The minimum Gasteiger partial charge on any atom is -0.326 e. The zero-order valence-corrected chi connectivity index (χ0v) is 11.0. The molecular weight excluding hydrogens is 252 g/mol. The molecule has 4 atom stereocenters. The quantitative estimate of drug-likeness (QED) is 0.652. The lowest BCUT2D eigenvalue weighted by molar-refractivity contribution is -0.123. The van der Waals surface area contributed by atoms with Crippen molar-refractivity contribution in [3.8, 4) is 0 Å². The summed E-state index contributed by atoms with van der Waals surface area (Å²) in [7, 11) is 0. The zero-order valence-electron chi connectivity index (χ0n) is 11.0. The van der Waals surface area contributed by atoms with Gasteiger partial charge in [0.25, 0.3) is 0 Å². The minimum absolute atomic E-state index is 0.0437. The second-order valence-corrected chi connectivity index (χ2v) is 5.84. The van der Waals surface area contributed by atoms with Gasteiger partial charge >= 0.3 is 0 Å². The summed E-state index contributed by atoms with van der Waals surface area (Å²) in [5.74, 6) is 0.107. The maximum Gasteiger partial charge on any atom is 0.238 e. The molecule has 1 aliphatic heterocycles. The van der Waals surface area contributed by atoms with Gasteiger partial charge in [-0.3, -0.25) is 9.59 Å². The number of imide groups is 1. The normalized spacial score (nSPS) is 34.1. The SMILES string of the molecule is NCc1ccccc1N1C(=O)C2C3C=CC(C3)C2C1=O. The van der Waals surface area contributed by atoms with Crippen molar-refractivity contribution >= 4 is 17.5 Å². The Labute approximate surface area is 117 Å². The number of rotatable bonds is 2. The third kappa shape index (κ3) is 1.34. The first-order valence-electron chi connectivity index (χ1n) is 7.06. The lowest BCUT2D eigenvalue weighted by Gasteiger charge is -2.19. The average Bonchev–Trinajstić information content (AvgIpc) is 3.13. The molecule has 102 valence electrons. The first-order valence-corrected chi connectivity index (χ1v) is 7.06. The third-order valence-electron chi connectivity index (χ3n) is 4.92. The number of carbonyl (C=O) groups is 2. The second kappa shape index (κ2) is 4.03. The number of allylic oxidation sites excluding steroid dienone is 2. The van der Waals surface area contributed by atoms with Gasteiger partial charge in [-0.05, 0) is 29.9 Å². The van der Waals surface area contributed by atoms with E-state index in [9.17, 15) is 9.59 Å². The van der Waals surface area contributed by atoms with E-state index < -0.39 is 0 Å². The Hall–Kier alpha value is -1.94. The van der Waals surface area contributed by atoms with Crippen molar-refractivity contribution in [2.24, 2.45) is 29.4 Å². The highest BCUT2D eigenvalue weighted by Crippen LogP contribution is 2.53. The van der Waals surface area contributed by atoms with Crippen molar-refractivity contribution in [1.82, 2.24) is 0 Å². The number of nitrogens with two attached hydrogens (primary N) is 1. The molecule has 4 nitrogen and oxygen atoms in total. The molecule has 0 aromatic heterocycles. The summed E-state index contributed by atoms with van der Waals surface area (Å²) in [6, 6.07) is 7.41. The monoisotopic (exact) mass is 268 g/mol. The highest BCUT2D eigenvalue weighted by atomic mass is 16.2. The Morgan fingerprint density at radius 2 is 1.65 bits per heavy atom. The molecule has 1 saturated heterocycles. The molecular formula is C16H16N2O2. The number of hydrogen-bond donors (Lipinski definition) is 1. The van der Waals surface area contributed by atoms with Crippen LogP contribution < -0.4 is 10.6 Å². The van der Waals surface area contributed by atoms with Gasteiger partial charge in [-0.25, -0.2) is 4.90 Å². The summed E-state index contributed by atoms with van der Waals surface area (Å²) in [6.07, 6.45) is 5.17. The van der Waals surface area contributed by atoms with E-state index in [2.05, 4.69) is 12.2 Å². The first-order chi connectivity index (χ1) is 9.72. The van der Waals surface area contributed by atoms with Crippen LogP contribution in [-0.2, 0) is 16.1 Å². The summed E-state index contributed by atoms with van der Waals surface area (Å²) in [5, 5.41) is 0. The lowest BCUT2D eigenvalue weighted by Crippen LogP contribution is -2.33. The maximum atomic E-state index is 12.7. The molecule has 1 aromatic carbocycles. The Morgan fingerprint density at radius 1 is 1.05 bits per heavy atom. The predicted molar refractivity (Wildman–Crippen MR) is 74.5 cm³/mol. The summed E-state index contributed by atoms with van der Waals surface area (Å²) in [4.78, 5) is 26.8. The number of para-hydroxylation sites is 1. The standard InChI is InChI=1S/C16H16N2O2/c17-8-11-3-1-2-4-12(11)18-15(19)13-9-5-6-10(7-9)14(13)16(18)20/h1-6,9-10,13-14H,7-8,17H2. The fraction of sp³-hybridized carbons (Fsp3) is 0.375. The molecule has 1 aromatic rings. The number of amides is 2. The molecule has 1 heterocycles. The number of nitrogens with zero attached hydrogens (tertiary/aromatic N) is 1. The van der Waals surface area contributed by atoms with Crippen molar-refractivity contribution in [3.05, 3.63) is 42.0 Å². The van der Waals surface area contributed by atoms with Crippen LogP contribution in [0.4, 0.5) is 5.69 Å². The molecule has 2 amide bonds. The van der Waals surface area contributed by atoms with Crippen LogP contribution >= 0.6 is 0 Å². The van der Waals surface area contributed by atoms with Crippen LogP contribution in [0.3, 0.4) is 0 Å². The van der Waals surface area contributed by atoms with Crippen LogP contribution in [0, 0.1) is 23.7 Å². The summed E-state index contributed by atoms with van der Waals surface area (Å²) >= 11 is 0. The van der Waals surface area contributed by atoms with Crippen LogP contribution in [-0.4, -0.2) is 11.8 Å². The molecule has 4 rings (SSSR count). The van der Waals surface area contributed by atoms with E-state index in [1.54, 1.807) is 0 Å². The summed E-state index contributed by atoms with van der Waals surface area (Å²) in [6.45, 7) is 0.327. The fourth-order valence-corrected chi connectivity index (χ4v) is 4.04. The Bertz CT molecular complexity index is 607. The lowest BCUT2D eigenvalue weighted by atomic mass is 9.85. The summed E-state index contributed by atoms with van der Waals surface area (Å²) in [5.41, 5.74) is 7.24. The molecule has 4 unspecified atom stereocenters. The molecule has 2 fully saturated rings. The van der Waals surface area contributed by atoms with Gasteiger partial charge in [0, 0.05) is 6.54 Å². The number of benzene rings is 1. The van der Waals surface area contributed by atoms with Gasteiger partial charge in [-0.2, -0.15) is 0 Å². The highest BCUT2D eigenvalue weighted by molar-refractivity contribution is 6.23. The Kier molecular flexibility index (Phi) is 2.39. The van der Waals surface area contributed by atoms with Gasteiger partial charge < -0.3 is 5.73 Å². The van der Waals surface area contributed by atoms with E-state index in [1.807, 2.05) is 24.3 Å². The van der Waals surface area contributed by atoms with Gasteiger partial charge in [-0.15, -0.1) is 0 Å². The smallest absolute Gasteiger partial charge is 0.238 e. The van der Waals surface area contributed by atoms with Crippen molar-refractivity contribution in [2.45, 2.75) is 13.0 Å². The highest BCUT2D eigenvalue weighted by Gasteiger charge is 2.59. The van der Waals surface area contributed by atoms with Crippen LogP contribution in [0.2, 0.25) is 0 Å². The molecule has 4 heteroatoms. The minimum atomic E-state index is -0.150. The van der Waals surface area contributed by atoms with Crippen LogP contribution in [0.25, 0.3) is 0 Å². The molecule has 20 heavy (non-hydrogen) atoms. The molecule has 3 aliphatic rings. The molecule has 0 spiro atoms. The van der Waals surface area contributed by atoms with Crippen molar-refractivity contribution < 1.29 is 9.59 Å². The predicted octanol–water partition coefficient (Wildman–Crippen LogP) is 1.46. The van der Waals surface area contributed by atoms with Gasteiger partial charge in [0.1, 0.15) is 0 Å². The van der Waals surface area contributed by atoms with Crippen LogP contribution in [0.5, 0.6) is 0 Å². The number of anilines is 1. The number of hydrogen-bond acceptors (Lipinski definition) is 3. The van der Waals surface area contributed by atoms with Gasteiger partial charge in [0.2, 0.25) is 11.8 Å². The summed E-state index contributed by atoms with van der Waals surface area (Å²) < 4.78 is 0. The van der Waals surface area contributed by atoms with Crippen molar-refractivity contribution in [2.75, 3.05) is 4.90 Å². The van der Waals surface area contributed by atoms with Crippen molar-refractivity contribution in [3.63, 3.8) is 0 Å². The van der Waals surface area contributed by atoms with E-state index in [-0.39, 0.29) is 35.5 Å². The van der Waals surface area contributed by atoms with Crippen LogP contribution in [0.1, 0.15) is 12.0 Å².